The normalized spacial score (nSPS) is 12.3. The number of carbonyl (C=O) groups excluding carboxylic acids is 1. The van der Waals surface area contributed by atoms with Crippen molar-refractivity contribution in [3.63, 3.8) is 0 Å². The molecule has 0 aliphatic heterocycles. The lowest BCUT2D eigenvalue weighted by Crippen LogP contribution is -2.36. The van der Waals surface area contributed by atoms with Gasteiger partial charge in [0, 0.05) is 22.2 Å². The van der Waals surface area contributed by atoms with Gasteiger partial charge in [0.2, 0.25) is 0 Å². The molecule has 0 aliphatic carbocycles. The van der Waals surface area contributed by atoms with E-state index in [0.717, 1.165) is 19.2 Å². The maximum Gasteiger partial charge on any atom is 0.406 e. The fraction of sp³-hybridized carbons (Fsp3) is 0.300. The minimum atomic E-state index is -4.59. The first-order valence-corrected chi connectivity index (χ1v) is 8.57. The van der Waals surface area contributed by atoms with E-state index in [9.17, 15) is 26.4 Å². The Morgan fingerprint density at radius 3 is 2.33 bits per heavy atom. The summed E-state index contributed by atoms with van der Waals surface area (Å²) in [6.07, 6.45) is -4.59. The van der Waals surface area contributed by atoms with Crippen molar-refractivity contribution in [2.45, 2.75) is 11.1 Å². The first kappa shape index (κ1) is 18.5. The zero-order valence-corrected chi connectivity index (χ0v) is 14.1. The highest BCUT2D eigenvalue weighted by molar-refractivity contribution is 9.10. The van der Waals surface area contributed by atoms with Crippen LogP contribution in [0.2, 0.25) is 5.02 Å². The Morgan fingerprint density at radius 2 is 1.90 bits per heavy atom. The first-order valence-electron chi connectivity index (χ1n) is 5.09. The van der Waals surface area contributed by atoms with Gasteiger partial charge in [-0.15, -0.1) is 0 Å². The van der Waals surface area contributed by atoms with Crippen LogP contribution in [0.15, 0.2) is 21.5 Å². The van der Waals surface area contributed by atoms with Crippen LogP contribution in [0.3, 0.4) is 0 Å². The Labute approximate surface area is 136 Å². The number of amides is 1. The van der Waals surface area contributed by atoms with Crippen molar-refractivity contribution < 1.29 is 26.4 Å². The Hall–Kier alpha value is -0.510. The second-order valence-electron chi connectivity index (χ2n) is 3.98. The van der Waals surface area contributed by atoms with Gasteiger partial charge in [0.15, 0.2) is 0 Å². The number of alkyl halides is 3. The van der Waals surface area contributed by atoms with Gasteiger partial charge in [-0.3, -0.25) is 4.79 Å². The van der Waals surface area contributed by atoms with E-state index in [0.29, 0.717) is 4.90 Å². The SMILES string of the molecule is CN(CC(F)(F)F)C(=O)c1cc(S(=O)(=O)Cl)cc(Br)c1Cl. The average Bonchev–Trinajstić information content (AvgIpc) is 2.27. The lowest BCUT2D eigenvalue weighted by Gasteiger charge is -2.20. The van der Waals surface area contributed by atoms with Gasteiger partial charge < -0.3 is 4.90 Å². The van der Waals surface area contributed by atoms with Crippen molar-refractivity contribution in [3.05, 3.63) is 27.2 Å². The van der Waals surface area contributed by atoms with Crippen LogP contribution in [0.4, 0.5) is 13.2 Å². The lowest BCUT2D eigenvalue weighted by atomic mass is 10.2. The smallest absolute Gasteiger partial charge is 0.333 e. The van der Waals surface area contributed by atoms with Crippen LogP contribution in [0.1, 0.15) is 10.4 Å². The molecular weight excluding hydrogens is 422 g/mol. The lowest BCUT2D eigenvalue weighted by molar-refractivity contribution is -0.138. The molecule has 0 heterocycles. The summed E-state index contributed by atoms with van der Waals surface area (Å²) in [7, 11) is 1.90. The van der Waals surface area contributed by atoms with Gasteiger partial charge in [-0.25, -0.2) is 8.42 Å². The molecule has 0 unspecified atom stereocenters. The molecular formula is C10H7BrCl2F3NO3S. The van der Waals surface area contributed by atoms with Crippen LogP contribution in [0, 0.1) is 0 Å². The molecule has 0 spiro atoms. The van der Waals surface area contributed by atoms with E-state index in [-0.39, 0.29) is 9.50 Å². The zero-order valence-electron chi connectivity index (χ0n) is 10.2. The van der Waals surface area contributed by atoms with E-state index in [1.54, 1.807) is 0 Å². The van der Waals surface area contributed by atoms with Gasteiger partial charge in [-0.2, -0.15) is 13.2 Å². The van der Waals surface area contributed by atoms with E-state index in [2.05, 4.69) is 15.9 Å². The summed E-state index contributed by atoms with van der Waals surface area (Å²) < 4.78 is 59.4. The molecule has 0 aliphatic rings. The minimum absolute atomic E-state index is 0.0228. The quantitative estimate of drug-likeness (QED) is 0.690. The summed E-state index contributed by atoms with van der Waals surface area (Å²) in [6.45, 7) is -1.50. The van der Waals surface area contributed by atoms with Crippen molar-refractivity contribution in [3.8, 4) is 0 Å². The second kappa shape index (κ2) is 6.31. The highest BCUT2D eigenvalue weighted by Gasteiger charge is 2.32. The summed E-state index contributed by atoms with van der Waals surface area (Å²) in [6, 6.07) is 1.87. The van der Waals surface area contributed by atoms with Gasteiger partial charge >= 0.3 is 6.18 Å². The fourth-order valence-electron chi connectivity index (χ4n) is 1.41. The van der Waals surface area contributed by atoms with Crippen molar-refractivity contribution in [1.82, 2.24) is 4.90 Å². The summed E-state index contributed by atoms with van der Waals surface area (Å²) in [5.41, 5.74) is -0.406. The van der Waals surface area contributed by atoms with Gasteiger partial charge in [0.25, 0.3) is 15.0 Å². The Morgan fingerprint density at radius 1 is 1.38 bits per heavy atom. The third-order valence-corrected chi connectivity index (χ3v) is 4.87. The van der Waals surface area contributed by atoms with Crippen molar-refractivity contribution in [2.75, 3.05) is 13.6 Å². The van der Waals surface area contributed by atoms with Gasteiger partial charge in [0.05, 0.1) is 15.5 Å². The summed E-state index contributed by atoms with van der Waals surface area (Å²) >= 11 is 8.73. The molecule has 4 nitrogen and oxygen atoms in total. The molecule has 21 heavy (non-hydrogen) atoms. The van der Waals surface area contributed by atoms with Gasteiger partial charge in [0.1, 0.15) is 6.54 Å². The number of benzene rings is 1. The van der Waals surface area contributed by atoms with Crippen LogP contribution < -0.4 is 0 Å². The van der Waals surface area contributed by atoms with Crippen molar-refractivity contribution in [1.29, 1.82) is 0 Å². The van der Waals surface area contributed by atoms with Crippen LogP contribution >= 0.6 is 38.2 Å². The highest BCUT2D eigenvalue weighted by atomic mass is 79.9. The first-order chi connectivity index (χ1) is 9.33. The third-order valence-electron chi connectivity index (χ3n) is 2.28. The van der Waals surface area contributed by atoms with Gasteiger partial charge in [-0.05, 0) is 28.1 Å². The molecule has 0 radical (unpaired) electrons. The predicted molar refractivity (Wildman–Crippen MR) is 75.2 cm³/mol. The van der Waals surface area contributed by atoms with E-state index >= 15 is 0 Å². The van der Waals surface area contributed by atoms with Crippen LogP contribution in [-0.2, 0) is 9.05 Å². The number of hydrogen-bond donors (Lipinski definition) is 0. The number of hydrogen-bond acceptors (Lipinski definition) is 3. The molecule has 0 fully saturated rings. The van der Waals surface area contributed by atoms with E-state index in [4.69, 9.17) is 22.3 Å². The van der Waals surface area contributed by atoms with Crippen LogP contribution in [-0.4, -0.2) is 39.0 Å². The van der Waals surface area contributed by atoms with Crippen molar-refractivity contribution >= 4 is 53.2 Å². The second-order valence-corrected chi connectivity index (χ2v) is 7.78. The fourth-order valence-corrected chi connectivity index (χ4v) is 2.99. The van der Waals surface area contributed by atoms with E-state index < -0.39 is 38.1 Å². The molecule has 0 saturated carbocycles. The number of rotatable bonds is 3. The molecule has 11 heteroatoms. The summed E-state index contributed by atoms with van der Waals surface area (Å²) in [5.74, 6) is -1.08. The monoisotopic (exact) mass is 427 g/mol. The molecule has 1 aromatic carbocycles. The Kier molecular flexibility index (Phi) is 5.57. The van der Waals surface area contributed by atoms with Crippen LogP contribution in [0.5, 0.6) is 0 Å². The molecule has 0 bridgehead atoms. The molecule has 0 atom stereocenters. The predicted octanol–water partition coefficient (Wildman–Crippen LogP) is 3.66. The molecule has 1 amide bonds. The number of carbonyl (C=O) groups is 1. The highest BCUT2D eigenvalue weighted by Crippen LogP contribution is 2.32. The molecule has 0 N–H and O–H groups in total. The summed E-state index contributed by atoms with van der Waals surface area (Å²) in [5, 5.41) is -0.210. The Bertz CT molecular complexity index is 679. The summed E-state index contributed by atoms with van der Waals surface area (Å²) in [4.78, 5) is 11.9. The molecule has 1 rings (SSSR count). The van der Waals surface area contributed by atoms with E-state index in [1.165, 1.54) is 0 Å². The minimum Gasteiger partial charge on any atom is -0.333 e. The standard InChI is InChI=1S/C10H7BrCl2F3NO3S/c1-17(4-10(14,15)16)9(18)6-2-5(21(13,19)20)3-7(11)8(6)12/h2-3H,4H2,1H3. The molecule has 1 aromatic rings. The largest absolute Gasteiger partial charge is 0.406 e. The molecule has 118 valence electrons. The maximum absolute atomic E-state index is 12.3. The number of nitrogens with zero attached hydrogens (tertiary/aromatic N) is 1. The Balaban J connectivity index is 3.30. The third kappa shape index (κ3) is 5.01. The number of halogens is 6. The molecule has 0 aromatic heterocycles. The topological polar surface area (TPSA) is 54.5 Å². The average molecular weight is 429 g/mol. The maximum atomic E-state index is 12.3. The van der Waals surface area contributed by atoms with Gasteiger partial charge in [-0.1, -0.05) is 11.6 Å². The molecule has 0 saturated heterocycles. The van der Waals surface area contributed by atoms with E-state index in [1.807, 2.05) is 0 Å². The van der Waals surface area contributed by atoms with Crippen LogP contribution in [0.25, 0.3) is 0 Å². The van der Waals surface area contributed by atoms with Crippen molar-refractivity contribution in [2.24, 2.45) is 0 Å². The zero-order chi connectivity index (χ0) is 16.6.